The number of fused-ring (bicyclic) bond motifs is 3. The fourth-order valence-electron chi connectivity index (χ4n) is 8.15. The fraction of sp³-hybridized carbons (Fsp3) is 0.400. The first-order valence-electron chi connectivity index (χ1n) is 15.9. The Morgan fingerprint density at radius 3 is 2.39 bits per heavy atom. The molecule has 2 saturated heterocycles. The number of aliphatic hydroxyl groups excluding tert-OH is 1. The third-order valence-corrected chi connectivity index (χ3v) is 12.7. The maximum absolute atomic E-state index is 14.8. The van der Waals surface area contributed by atoms with Crippen LogP contribution in [0.15, 0.2) is 72.8 Å². The molecule has 0 radical (unpaired) electrons. The van der Waals surface area contributed by atoms with E-state index in [1.54, 1.807) is 15.9 Å². The zero-order chi connectivity index (χ0) is 32.4. The number of hydrogen-bond donors (Lipinski definition) is 2. The third-order valence-electron chi connectivity index (χ3n) is 10.2. The number of rotatable bonds is 6. The van der Waals surface area contributed by atoms with Crippen LogP contribution >= 0.6 is 0 Å². The minimum atomic E-state index is -3.05. The Balaban J connectivity index is 1.30. The summed E-state index contributed by atoms with van der Waals surface area (Å²) in [5.74, 6) is -0.973. The van der Waals surface area contributed by atoms with Crippen LogP contribution in [-0.4, -0.2) is 72.9 Å². The zero-order valence-corrected chi connectivity index (χ0v) is 27.3. The number of cyclic esters (lactones) is 1. The molecule has 4 heterocycles. The Morgan fingerprint density at radius 2 is 1.72 bits per heavy atom. The van der Waals surface area contributed by atoms with Gasteiger partial charge in [0.05, 0.1) is 37.4 Å². The Kier molecular flexibility index (Phi) is 7.55. The van der Waals surface area contributed by atoms with Gasteiger partial charge in [-0.25, -0.2) is 4.79 Å². The minimum absolute atomic E-state index is 0.0431. The van der Waals surface area contributed by atoms with Crippen LogP contribution in [0.1, 0.15) is 30.0 Å². The van der Waals surface area contributed by atoms with Gasteiger partial charge in [-0.2, -0.15) is 0 Å². The molecule has 46 heavy (non-hydrogen) atoms. The molecule has 0 saturated carbocycles. The first-order chi connectivity index (χ1) is 22.0. The quantitative estimate of drug-likeness (QED) is 0.382. The van der Waals surface area contributed by atoms with Crippen LogP contribution in [0.4, 0.5) is 21.9 Å². The molecule has 0 unspecified atom stereocenters. The van der Waals surface area contributed by atoms with Gasteiger partial charge >= 0.3 is 6.09 Å². The van der Waals surface area contributed by atoms with Gasteiger partial charge in [-0.3, -0.25) is 19.4 Å². The van der Waals surface area contributed by atoms with Crippen molar-refractivity contribution < 1.29 is 33.8 Å². The summed E-state index contributed by atoms with van der Waals surface area (Å²) in [4.78, 5) is 58.1. The maximum Gasteiger partial charge on any atom is 0.414 e. The highest BCUT2D eigenvalue weighted by Gasteiger charge is 2.67. The number of ether oxygens (including phenoxy) is 2. The highest BCUT2D eigenvalue weighted by Crippen LogP contribution is 2.61. The van der Waals surface area contributed by atoms with Gasteiger partial charge < -0.3 is 24.3 Å². The normalized spacial score (nSPS) is 27.3. The van der Waals surface area contributed by atoms with Gasteiger partial charge in [0.1, 0.15) is 6.61 Å². The van der Waals surface area contributed by atoms with Crippen LogP contribution in [0.2, 0.25) is 18.6 Å². The molecule has 10 nitrogen and oxygen atoms in total. The summed E-state index contributed by atoms with van der Waals surface area (Å²) in [6, 6.07) is 22.4. The summed E-state index contributed by atoms with van der Waals surface area (Å²) in [5.41, 5.74) is 2.69. The molecule has 2 N–H and O–H groups in total. The summed E-state index contributed by atoms with van der Waals surface area (Å²) in [6.07, 6.45) is -0.699. The first-order valence-corrected chi connectivity index (χ1v) is 18.9. The molecule has 1 spiro atoms. The first kappa shape index (κ1) is 30.6. The lowest BCUT2D eigenvalue weighted by Gasteiger charge is -2.37. The van der Waals surface area contributed by atoms with Gasteiger partial charge in [-0.05, 0) is 61.0 Å². The second kappa shape index (κ2) is 11.3. The van der Waals surface area contributed by atoms with E-state index >= 15 is 0 Å². The molecule has 0 bridgehead atoms. The van der Waals surface area contributed by atoms with Gasteiger partial charge in [0, 0.05) is 34.9 Å². The summed E-state index contributed by atoms with van der Waals surface area (Å²) < 4.78 is 12.1. The fourth-order valence-corrected chi connectivity index (χ4v) is 10.7. The molecular formula is C35H39N3O7Si. The SMILES string of the molecule is C[C@H]1[C@H]([Si](C)(C)O)[C@@H](CC(=O)N2Cc3ccccc3C[C@H]2CO)O[C@]12C(=O)N(c1ccccc1)c1ccc(N3CCOC3=O)cc12. The van der Waals surface area contributed by atoms with E-state index in [1.165, 1.54) is 4.90 Å². The van der Waals surface area contributed by atoms with Crippen molar-refractivity contribution in [2.45, 2.75) is 62.7 Å². The lowest BCUT2D eigenvalue weighted by molar-refractivity contribution is -0.150. The summed E-state index contributed by atoms with van der Waals surface area (Å²) >= 11 is 0. The van der Waals surface area contributed by atoms with Crippen molar-refractivity contribution in [1.82, 2.24) is 4.90 Å². The van der Waals surface area contributed by atoms with Crippen LogP contribution in [-0.2, 0) is 37.6 Å². The maximum atomic E-state index is 14.8. The molecule has 3 aromatic carbocycles. The number of para-hydroxylation sites is 1. The molecule has 3 aromatic rings. The van der Waals surface area contributed by atoms with Gasteiger partial charge in [0.2, 0.25) is 5.91 Å². The van der Waals surface area contributed by atoms with Crippen LogP contribution in [0.3, 0.4) is 0 Å². The molecule has 240 valence electrons. The summed E-state index contributed by atoms with van der Waals surface area (Å²) in [5, 5.41) is 10.3. The van der Waals surface area contributed by atoms with Crippen molar-refractivity contribution in [1.29, 1.82) is 0 Å². The molecule has 11 heteroatoms. The predicted molar refractivity (Wildman–Crippen MR) is 174 cm³/mol. The predicted octanol–water partition coefficient (Wildman–Crippen LogP) is 4.46. The van der Waals surface area contributed by atoms with E-state index in [9.17, 15) is 24.3 Å². The van der Waals surface area contributed by atoms with Crippen molar-refractivity contribution in [3.63, 3.8) is 0 Å². The number of carbonyl (C=O) groups is 3. The monoisotopic (exact) mass is 641 g/mol. The lowest BCUT2D eigenvalue weighted by Crippen LogP contribution is -2.48. The van der Waals surface area contributed by atoms with Crippen LogP contribution in [0.25, 0.3) is 0 Å². The number of benzene rings is 3. The van der Waals surface area contributed by atoms with E-state index in [0.29, 0.717) is 42.1 Å². The molecule has 5 atom stereocenters. The Hall–Kier alpha value is -4.03. The van der Waals surface area contributed by atoms with Crippen molar-refractivity contribution >= 4 is 43.3 Å². The van der Waals surface area contributed by atoms with E-state index in [0.717, 1.165) is 11.1 Å². The highest BCUT2D eigenvalue weighted by molar-refractivity contribution is 6.71. The molecule has 0 aliphatic carbocycles. The van der Waals surface area contributed by atoms with Crippen molar-refractivity contribution in [2.24, 2.45) is 5.92 Å². The molecule has 2 fully saturated rings. The Morgan fingerprint density at radius 1 is 1.00 bits per heavy atom. The topological polar surface area (TPSA) is 120 Å². The average Bonchev–Trinajstić information content (AvgIpc) is 3.68. The van der Waals surface area contributed by atoms with E-state index in [4.69, 9.17) is 9.47 Å². The Labute approximate surface area is 269 Å². The van der Waals surface area contributed by atoms with Crippen LogP contribution in [0.5, 0.6) is 0 Å². The second-order valence-electron chi connectivity index (χ2n) is 13.3. The van der Waals surface area contributed by atoms with Gasteiger partial charge in [0.25, 0.3) is 5.91 Å². The van der Waals surface area contributed by atoms with Crippen LogP contribution < -0.4 is 9.80 Å². The van der Waals surface area contributed by atoms with E-state index in [-0.39, 0.29) is 37.5 Å². The van der Waals surface area contributed by atoms with E-state index in [1.807, 2.05) is 86.7 Å². The standard InChI is InChI=1S/C35H39N3O7Si/c1-22-32(46(2,3)43)30(19-31(40)37-20-24-10-8-7-9-23(24)17-27(37)21-39)45-35(22)28-18-26(36-15-16-44-34(36)42)13-14-29(28)38(33(35)41)25-11-5-4-6-12-25/h4-14,18,22,27,30,32,39,43H,15-17,19-21H2,1-3H3/t22-,27-,30+,32-,35+/m0/s1. The number of aliphatic hydroxyl groups is 1. The minimum Gasteiger partial charge on any atom is -0.447 e. The number of hydrogen-bond acceptors (Lipinski definition) is 7. The molecule has 3 amide bonds. The largest absolute Gasteiger partial charge is 0.447 e. The number of anilines is 3. The lowest BCUT2D eigenvalue weighted by atomic mass is 9.82. The number of amides is 3. The number of nitrogens with zero attached hydrogens (tertiary/aromatic N) is 3. The van der Waals surface area contributed by atoms with Crippen molar-refractivity contribution in [2.75, 3.05) is 29.6 Å². The van der Waals surface area contributed by atoms with E-state index < -0.39 is 37.6 Å². The van der Waals surface area contributed by atoms with Gasteiger partial charge in [-0.1, -0.05) is 49.4 Å². The smallest absolute Gasteiger partial charge is 0.414 e. The number of carbonyl (C=O) groups excluding carboxylic acids is 3. The average molecular weight is 642 g/mol. The van der Waals surface area contributed by atoms with Gasteiger partial charge in [-0.15, -0.1) is 0 Å². The Bertz CT molecular complexity index is 1690. The molecule has 7 rings (SSSR count). The molecule has 0 aromatic heterocycles. The van der Waals surface area contributed by atoms with Crippen LogP contribution in [0, 0.1) is 5.92 Å². The second-order valence-corrected chi connectivity index (χ2v) is 17.3. The van der Waals surface area contributed by atoms with Gasteiger partial charge in [0.15, 0.2) is 13.9 Å². The highest BCUT2D eigenvalue weighted by atomic mass is 28.4. The molecule has 4 aliphatic heterocycles. The van der Waals surface area contributed by atoms with E-state index in [2.05, 4.69) is 0 Å². The summed E-state index contributed by atoms with van der Waals surface area (Å²) in [7, 11) is -3.05. The third kappa shape index (κ3) is 4.76. The summed E-state index contributed by atoms with van der Waals surface area (Å²) in [6.45, 7) is 6.45. The van der Waals surface area contributed by atoms with Crippen molar-refractivity contribution in [3.05, 3.63) is 89.5 Å². The molecular weight excluding hydrogens is 602 g/mol. The molecule has 4 aliphatic rings. The zero-order valence-electron chi connectivity index (χ0n) is 26.3. The van der Waals surface area contributed by atoms with Crippen molar-refractivity contribution in [3.8, 4) is 0 Å².